The van der Waals surface area contributed by atoms with E-state index in [1.54, 1.807) is 13.0 Å². The van der Waals surface area contributed by atoms with Gasteiger partial charge in [0.2, 0.25) is 10.0 Å². The number of amides is 1. The number of nitrogens with one attached hydrogen (secondary N) is 1. The first-order chi connectivity index (χ1) is 14.4. The predicted octanol–water partition coefficient (Wildman–Crippen LogP) is 2.65. The van der Waals surface area contributed by atoms with E-state index in [0.29, 0.717) is 11.1 Å². The summed E-state index contributed by atoms with van der Waals surface area (Å²) in [5, 5.41) is 13.7. The van der Waals surface area contributed by atoms with E-state index in [1.165, 1.54) is 58.3 Å². The molecule has 0 heterocycles. The van der Waals surface area contributed by atoms with Gasteiger partial charge >= 0.3 is 5.97 Å². The second-order valence-electron chi connectivity index (χ2n) is 7.03. The third-order valence-electron chi connectivity index (χ3n) is 4.55. The van der Waals surface area contributed by atoms with Crippen molar-refractivity contribution in [2.24, 2.45) is 0 Å². The number of aryl methyl sites for hydroxylation is 2. The number of hydrogen-bond acceptors (Lipinski definition) is 7. The van der Waals surface area contributed by atoms with Gasteiger partial charge in [-0.05, 0) is 44.0 Å². The third kappa shape index (κ3) is 5.25. The Morgan fingerprint density at radius 2 is 1.77 bits per heavy atom. The number of benzene rings is 2. The summed E-state index contributed by atoms with van der Waals surface area (Å²) in [6.45, 7) is 4.51. The van der Waals surface area contributed by atoms with E-state index < -0.39 is 38.6 Å². The second kappa shape index (κ2) is 9.23. The predicted molar refractivity (Wildman–Crippen MR) is 113 cm³/mol. The van der Waals surface area contributed by atoms with Crippen molar-refractivity contribution in [3.05, 3.63) is 63.2 Å². The molecule has 2 aromatic rings. The lowest BCUT2D eigenvalue weighted by Crippen LogP contribution is -2.31. The van der Waals surface area contributed by atoms with Crippen LogP contribution in [0.5, 0.6) is 0 Å². The van der Waals surface area contributed by atoms with Crippen LogP contribution in [0.4, 0.5) is 11.4 Å². The van der Waals surface area contributed by atoms with Gasteiger partial charge in [0, 0.05) is 25.8 Å². The van der Waals surface area contributed by atoms with Gasteiger partial charge < -0.3 is 10.1 Å². The summed E-state index contributed by atoms with van der Waals surface area (Å²) in [6.07, 6.45) is -1.29. The quantitative estimate of drug-likeness (QED) is 0.390. The minimum Gasteiger partial charge on any atom is -0.449 e. The van der Waals surface area contributed by atoms with Gasteiger partial charge in [0.15, 0.2) is 6.10 Å². The maximum Gasteiger partial charge on any atom is 0.346 e. The lowest BCUT2D eigenvalue weighted by atomic mass is 10.1. The van der Waals surface area contributed by atoms with Crippen molar-refractivity contribution in [3.8, 4) is 0 Å². The molecule has 0 aliphatic rings. The van der Waals surface area contributed by atoms with Gasteiger partial charge in [0.25, 0.3) is 11.6 Å². The molecule has 1 amide bonds. The molecule has 0 aromatic heterocycles. The van der Waals surface area contributed by atoms with E-state index >= 15 is 0 Å². The molecule has 1 atom stereocenters. The number of nitro benzene ring substituents is 1. The number of carbonyl (C=O) groups excluding carboxylic acids is 2. The molecule has 166 valence electrons. The van der Waals surface area contributed by atoms with Crippen molar-refractivity contribution in [1.29, 1.82) is 0 Å². The van der Waals surface area contributed by atoms with Crippen molar-refractivity contribution in [3.63, 3.8) is 0 Å². The van der Waals surface area contributed by atoms with Crippen molar-refractivity contribution < 1.29 is 27.7 Å². The molecule has 2 aromatic carbocycles. The van der Waals surface area contributed by atoms with Gasteiger partial charge in [0.05, 0.1) is 9.82 Å². The summed E-state index contributed by atoms with van der Waals surface area (Å²) >= 11 is 0. The highest BCUT2D eigenvalue weighted by Gasteiger charge is 2.27. The Hall–Kier alpha value is -3.31. The number of sulfonamides is 1. The highest BCUT2D eigenvalue weighted by molar-refractivity contribution is 7.89. The number of anilines is 1. The van der Waals surface area contributed by atoms with Gasteiger partial charge in [-0.1, -0.05) is 18.2 Å². The molecule has 11 heteroatoms. The second-order valence-corrected chi connectivity index (χ2v) is 9.18. The average Bonchev–Trinajstić information content (AvgIpc) is 2.68. The Bertz CT molecular complexity index is 1140. The standard InChI is InChI=1S/C20H23N3O7S/c1-12-9-10-15(31(28,29)22(4)5)11-16(12)21-19(24)14(3)30-20(25)18-13(2)7-6-8-17(18)23(26)27/h6-11,14H,1-5H3,(H,21,24). The van der Waals surface area contributed by atoms with Crippen LogP contribution in [0.15, 0.2) is 41.3 Å². The first-order valence-corrected chi connectivity index (χ1v) is 10.6. The number of nitrogens with zero attached hydrogens (tertiary/aromatic N) is 2. The van der Waals surface area contributed by atoms with Gasteiger partial charge in [-0.2, -0.15) is 0 Å². The van der Waals surface area contributed by atoms with Crippen molar-refractivity contribution in [2.45, 2.75) is 31.8 Å². The van der Waals surface area contributed by atoms with E-state index in [2.05, 4.69) is 5.32 Å². The number of rotatable bonds is 7. The minimum absolute atomic E-state index is 0.0152. The van der Waals surface area contributed by atoms with Crippen LogP contribution < -0.4 is 5.32 Å². The molecule has 0 spiro atoms. The molecule has 31 heavy (non-hydrogen) atoms. The molecule has 10 nitrogen and oxygen atoms in total. The van der Waals surface area contributed by atoms with Crippen molar-refractivity contribution >= 4 is 33.3 Å². The van der Waals surface area contributed by atoms with Crippen LogP contribution in [0.1, 0.15) is 28.4 Å². The molecule has 0 saturated carbocycles. The molecular weight excluding hydrogens is 426 g/mol. The molecular formula is C20H23N3O7S. The molecule has 1 N–H and O–H groups in total. The fraction of sp³-hybridized carbons (Fsp3) is 0.300. The maximum absolute atomic E-state index is 12.5. The van der Waals surface area contributed by atoms with Crippen molar-refractivity contribution in [1.82, 2.24) is 4.31 Å². The highest BCUT2D eigenvalue weighted by atomic mass is 32.2. The lowest BCUT2D eigenvalue weighted by molar-refractivity contribution is -0.385. The number of hydrogen-bond donors (Lipinski definition) is 1. The highest BCUT2D eigenvalue weighted by Crippen LogP contribution is 2.24. The molecule has 0 bridgehead atoms. The first-order valence-electron chi connectivity index (χ1n) is 9.15. The minimum atomic E-state index is -3.71. The Balaban J connectivity index is 2.23. The maximum atomic E-state index is 12.5. The Morgan fingerprint density at radius 3 is 2.35 bits per heavy atom. The summed E-state index contributed by atoms with van der Waals surface area (Å²) in [5.74, 6) is -1.72. The number of ether oxygens (including phenoxy) is 1. The van der Waals surface area contributed by atoms with Gasteiger partial charge in [0.1, 0.15) is 5.56 Å². The smallest absolute Gasteiger partial charge is 0.346 e. The normalized spacial score (nSPS) is 12.3. The lowest BCUT2D eigenvalue weighted by Gasteiger charge is -2.17. The SMILES string of the molecule is Cc1ccc(S(=O)(=O)N(C)C)cc1NC(=O)C(C)OC(=O)c1c(C)cccc1[N+](=O)[O-]. The number of nitro groups is 1. The third-order valence-corrected chi connectivity index (χ3v) is 6.36. The summed E-state index contributed by atoms with van der Waals surface area (Å²) < 4.78 is 30.8. The molecule has 0 aliphatic carbocycles. The molecule has 2 rings (SSSR count). The average molecular weight is 449 g/mol. The van der Waals surface area contributed by atoms with E-state index in [-0.39, 0.29) is 16.1 Å². The number of carbonyl (C=O) groups is 2. The summed E-state index contributed by atoms with van der Waals surface area (Å²) in [6, 6.07) is 8.41. The summed E-state index contributed by atoms with van der Waals surface area (Å²) in [4.78, 5) is 35.5. The largest absolute Gasteiger partial charge is 0.449 e. The molecule has 0 fully saturated rings. The van der Waals surface area contributed by atoms with Gasteiger partial charge in [-0.25, -0.2) is 17.5 Å². The van der Waals surface area contributed by atoms with Crippen LogP contribution >= 0.6 is 0 Å². The topological polar surface area (TPSA) is 136 Å². The first kappa shape index (κ1) is 24.0. The van der Waals surface area contributed by atoms with Crippen LogP contribution in [-0.4, -0.2) is 49.7 Å². The zero-order valence-electron chi connectivity index (χ0n) is 17.7. The van der Waals surface area contributed by atoms with Crippen LogP contribution in [0.25, 0.3) is 0 Å². The molecule has 0 saturated heterocycles. The van der Waals surface area contributed by atoms with Crippen LogP contribution in [0, 0.1) is 24.0 Å². The number of esters is 1. The van der Waals surface area contributed by atoms with E-state index in [0.717, 1.165) is 4.31 Å². The van der Waals surface area contributed by atoms with E-state index in [4.69, 9.17) is 4.74 Å². The van der Waals surface area contributed by atoms with Crippen LogP contribution in [-0.2, 0) is 19.6 Å². The van der Waals surface area contributed by atoms with Crippen molar-refractivity contribution in [2.75, 3.05) is 19.4 Å². The Morgan fingerprint density at radius 1 is 1.13 bits per heavy atom. The fourth-order valence-electron chi connectivity index (χ4n) is 2.68. The Kier molecular flexibility index (Phi) is 7.13. The summed E-state index contributed by atoms with van der Waals surface area (Å²) in [5.41, 5.74) is 0.513. The molecule has 0 radical (unpaired) electrons. The summed E-state index contributed by atoms with van der Waals surface area (Å²) in [7, 11) is -0.935. The van der Waals surface area contributed by atoms with E-state index in [9.17, 15) is 28.1 Å². The van der Waals surface area contributed by atoms with E-state index in [1.807, 2.05) is 0 Å². The fourth-order valence-corrected chi connectivity index (χ4v) is 3.61. The molecule has 0 aliphatic heterocycles. The zero-order chi connectivity index (χ0) is 23.5. The van der Waals surface area contributed by atoms with Crippen LogP contribution in [0.3, 0.4) is 0 Å². The zero-order valence-corrected chi connectivity index (χ0v) is 18.5. The van der Waals surface area contributed by atoms with Gasteiger partial charge in [-0.3, -0.25) is 14.9 Å². The van der Waals surface area contributed by atoms with Crippen LogP contribution in [0.2, 0.25) is 0 Å². The Labute approximate surface area is 180 Å². The monoisotopic (exact) mass is 449 g/mol. The van der Waals surface area contributed by atoms with Gasteiger partial charge in [-0.15, -0.1) is 0 Å². The molecule has 1 unspecified atom stereocenters.